The van der Waals surface area contributed by atoms with Crippen molar-refractivity contribution in [1.82, 2.24) is 19.4 Å². The number of para-hydroxylation sites is 1. The van der Waals surface area contributed by atoms with Gasteiger partial charge in [0.2, 0.25) is 5.91 Å². The van der Waals surface area contributed by atoms with E-state index in [1.54, 1.807) is 30.0 Å². The zero-order valence-corrected chi connectivity index (χ0v) is 20.3. The maximum Gasteiger partial charge on any atom is 0.263 e. The predicted octanol–water partition coefficient (Wildman–Crippen LogP) is 3.13. The molecular formula is C28H29N5O3. The van der Waals surface area contributed by atoms with Gasteiger partial charge in [-0.05, 0) is 42.0 Å². The number of piperazine rings is 1. The summed E-state index contributed by atoms with van der Waals surface area (Å²) in [6, 6.07) is 21.3. The Bertz CT molecular complexity index is 1390. The van der Waals surface area contributed by atoms with Crippen LogP contribution in [0.3, 0.4) is 0 Å². The number of carbonyl (C=O) groups is 1. The Morgan fingerprint density at radius 2 is 1.69 bits per heavy atom. The molecule has 1 amide bonds. The number of methoxy groups -OCH3 is 1. The average Bonchev–Trinajstić information content (AvgIpc) is 2.94. The van der Waals surface area contributed by atoms with Crippen LogP contribution in [0.15, 0.2) is 77.7 Å². The molecule has 0 saturated carbocycles. The highest BCUT2D eigenvalue weighted by atomic mass is 16.5. The van der Waals surface area contributed by atoms with Crippen molar-refractivity contribution in [2.24, 2.45) is 0 Å². The van der Waals surface area contributed by atoms with Crippen LogP contribution in [0.4, 0.5) is 5.69 Å². The number of aromatic nitrogens is 3. The second kappa shape index (κ2) is 10.6. The Morgan fingerprint density at radius 1 is 0.944 bits per heavy atom. The highest BCUT2D eigenvalue weighted by molar-refractivity contribution is 5.77. The molecule has 2 aromatic carbocycles. The number of carbonyl (C=O) groups excluding carboxylic acids is 1. The van der Waals surface area contributed by atoms with Crippen molar-refractivity contribution < 1.29 is 9.53 Å². The third kappa shape index (κ3) is 5.07. The van der Waals surface area contributed by atoms with Crippen molar-refractivity contribution in [2.75, 3.05) is 38.2 Å². The van der Waals surface area contributed by atoms with E-state index in [0.29, 0.717) is 49.3 Å². The second-order valence-electron chi connectivity index (χ2n) is 8.85. The molecule has 1 aliphatic rings. The topological polar surface area (TPSA) is 80.6 Å². The zero-order chi connectivity index (χ0) is 24.9. The van der Waals surface area contributed by atoms with Gasteiger partial charge < -0.3 is 14.5 Å². The number of aryl methyl sites for hydroxylation is 1. The molecule has 1 saturated heterocycles. The molecule has 0 atom stereocenters. The molecule has 3 heterocycles. The summed E-state index contributed by atoms with van der Waals surface area (Å²) in [5.74, 6) is 1.40. The number of fused-ring (bicyclic) bond motifs is 1. The second-order valence-corrected chi connectivity index (χ2v) is 8.85. The summed E-state index contributed by atoms with van der Waals surface area (Å²) in [4.78, 5) is 39.6. The SMILES string of the molecule is COc1ccc(Cn2c(CCC(=O)N3CCN(c4ccccc4)CC3)nc3ncccc3c2=O)cc1. The lowest BCUT2D eigenvalue weighted by Crippen LogP contribution is -2.48. The van der Waals surface area contributed by atoms with Crippen LogP contribution in [0.25, 0.3) is 11.0 Å². The van der Waals surface area contributed by atoms with E-state index in [-0.39, 0.29) is 11.5 Å². The largest absolute Gasteiger partial charge is 0.497 e. The van der Waals surface area contributed by atoms with E-state index in [0.717, 1.165) is 24.4 Å². The molecule has 4 aromatic rings. The lowest BCUT2D eigenvalue weighted by Gasteiger charge is -2.36. The zero-order valence-electron chi connectivity index (χ0n) is 20.3. The fourth-order valence-corrected chi connectivity index (χ4v) is 4.60. The van der Waals surface area contributed by atoms with Gasteiger partial charge in [0.1, 0.15) is 11.6 Å². The van der Waals surface area contributed by atoms with Crippen LogP contribution in [-0.4, -0.2) is 58.6 Å². The van der Waals surface area contributed by atoms with Gasteiger partial charge in [-0.3, -0.25) is 14.2 Å². The first kappa shape index (κ1) is 23.5. The molecule has 8 heteroatoms. The lowest BCUT2D eigenvalue weighted by atomic mass is 10.2. The minimum absolute atomic E-state index is 0.0778. The minimum atomic E-state index is -0.150. The van der Waals surface area contributed by atoms with Crippen molar-refractivity contribution in [3.8, 4) is 5.75 Å². The van der Waals surface area contributed by atoms with Gasteiger partial charge in [-0.25, -0.2) is 9.97 Å². The fraction of sp³-hybridized carbons (Fsp3) is 0.286. The first-order valence-electron chi connectivity index (χ1n) is 12.2. The molecule has 5 rings (SSSR count). The Morgan fingerprint density at radius 3 is 2.42 bits per heavy atom. The number of hydrogen-bond acceptors (Lipinski definition) is 6. The summed E-state index contributed by atoms with van der Waals surface area (Å²) in [5, 5.41) is 0.470. The van der Waals surface area contributed by atoms with Gasteiger partial charge in [-0.1, -0.05) is 30.3 Å². The molecule has 0 radical (unpaired) electrons. The standard InChI is InChI=1S/C28H29N5O3/c1-36-23-11-9-21(10-12-23)20-33-25(30-27-24(28(33)35)8-5-15-29-27)13-14-26(34)32-18-16-31(17-19-32)22-6-3-2-4-7-22/h2-12,15H,13-14,16-20H2,1H3. The normalized spacial score (nSPS) is 13.7. The van der Waals surface area contributed by atoms with Crippen molar-refractivity contribution in [1.29, 1.82) is 0 Å². The van der Waals surface area contributed by atoms with Crippen molar-refractivity contribution in [3.05, 3.63) is 94.7 Å². The molecule has 2 aromatic heterocycles. The third-order valence-corrected chi connectivity index (χ3v) is 6.62. The third-order valence-electron chi connectivity index (χ3n) is 6.62. The van der Waals surface area contributed by atoms with Crippen LogP contribution in [0, 0.1) is 0 Å². The van der Waals surface area contributed by atoms with Crippen LogP contribution in [0.2, 0.25) is 0 Å². The average molecular weight is 484 g/mol. The highest BCUT2D eigenvalue weighted by Crippen LogP contribution is 2.17. The Labute approximate surface area is 209 Å². The number of rotatable bonds is 7. The first-order chi connectivity index (χ1) is 17.6. The minimum Gasteiger partial charge on any atom is -0.497 e. The summed E-state index contributed by atoms with van der Waals surface area (Å²) in [5.41, 5.74) is 2.39. The summed E-state index contributed by atoms with van der Waals surface area (Å²) in [6.45, 7) is 3.32. The predicted molar refractivity (Wildman–Crippen MR) is 139 cm³/mol. The van der Waals surface area contributed by atoms with E-state index in [1.807, 2.05) is 47.4 Å². The maximum atomic E-state index is 13.4. The number of nitrogens with zero attached hydrogens (tertiary/aromatic N) is 5. The Kier molecular flexibility index (Phi) is 6.93. The fourth-order valence-electron chi connectivity index (χ4n) is 4.60. The number of anilines is 1. The maximum absolute atomic E-state index is 13.4. The van der Waals surface area contributed by atoms with Crippen molar-refractivity contribution >= 4 is 22.6 Å². The van der Waals surface area contributed by atoms with E-state index in [9.17, 15) is 9.59 Å². The molecule has 0 unspecified atom stereocenters. The van der Waals surface area contributed by atoms with Gasteiger partial charge in [-0.2, -0.15) is 0 Å². The molecule has 8 nitrogen and oxygen atoms in total. The van der Waals surface area contributed by atoms with E-state index < -0.39 is 0 Å². The summed E-state index contributed by atoms with van der Waals surface area (Å²) in [7, 11) is 1.62. The van der Waals surface area contributed by atoms with Gasteiger partial charge in [0.25, 0.3) is 5.56 Å². The lowest BCUT2D eigenvalue weighted by molar-refractivity contribution is -0.131. The Hall–Kier alpha value is -4.20. The molecule has 1 aliphatic heterocycles. The summed E-state index contributed by atoms with van der Waals surface area (Å²) >= 11 is 0. The Balaban J connectivity index is 1.31. The number of ether oxygens (including phenoxy) is 1. The number of pyridine rings is 1. The van der Waals surface area contributed by atoms with Crippen LogP contribution < -0.4 is 15.2 Å². The van der Waals surface area contributed by atoms with E-state index in [1.165, 1.54) is 5.69 Å². The van der Waals surface area contributed by atoms with Gasteiger partial charge in [0, 0.05) is 50.9 Å². The van der Waals surface area contributed by atoms with Gasteiger partial charge in [0.05, 0.1) is 19.0 Å². The molecule has 0 bridgehead atoms. The van der Waals surface area contributed by atoms with E-state index in [2.05, 4.69) is 27.0 Å². The molecular weight excluding hydrogens is 454 g/mol. The first-order valence-corrected chi connectivity index (χ1v) is 12.2. The molecule has 184 valence electrons. The van der Waals surface area contributed by atoms with Gasteiger partial charge in [0.15, 0.2) is 5.65 Å². The quantitative estimate of drug-likeness (QED) is 0.402. The van der Waals surface area contributed by atoms with E-state index in [4.69, 9.17) is 4.74 Å². The van der Waals surface area contributed by atoms with Crippen molar-refractivity contribution in [2.45, 2.75) is 19.4 Å². The smallest absolute Gasteiger partial charge is 0.263 e. The molecule has 0 spiro atoms. The van der Waals surface area contributed by atoms with E-state index >= 15 is 0 Å². The molecule has 1 fully saturated rings. The molecule has 36 heavy (non-hydrogen) atoms. The summed E-state index contributed by atoms with van der Waals surface area (Å²) in [6.07, 6.45) is 2.29. The van der Waals surface area contributed by atoms with Gasteiger partial charge in [-0.15, -0.1) is 0 Å². The number of benzene rings is 2. The highest BCUT2D eigenvalue weighted by Gasteiger charge is 2.22. The number of amides is 1. The van der Waals surface area contributed by atoms with Crippen LogP contribution in [-0.2, 0) is 17.8 Å². The van der Waals surface area contributed by atoms with Crippen molar-refractivity contribution in [3.63, 3.8) is 0 Å². The number of hydrogen-bond donors (Lipinski definition) is 0. The monoisotopic (exact) mass is 483 g/mol. The molecule has 0 aliphatic carbocycles. The van der Waals surface area contributed by atoms with Gasteiger partial charge >= 0.3 is 0 Å². The summed E-state index contributed by atoms with van der Waals surface area (Å²) < 4.78 is 6.90. The molecule has 0 N–H and O–H groups in total. The van der Waals surface area contributed by atoms with Crippen LogP contribution in [0.5, 0.6) is 5.75 Å². The van der Waals surface area contributed by atoms with Crippen LogP contribution >= 0.6 is 0 Å². The van der Waals surface area contributed by atoms with Crippen LogP contribution in [0.1, 0.15) is 17.8 Å².